The van der Waals surface area contributed by atoms with E-state index in [9.17, 15) is 4.79 Å². The molecule has 0 amide bonds. The van der Waals surface area contributed by atoms with Gasteiger partial charge < -0.3 is 0 Å². The van der Waals surface area contributed by atoms with Crippen LogP contribution in [0.3, 0.4) is 0 Å². The first-order chi connectivity index (χ1) is 9.33. The number of nitrogens with zero attached hydrogens (tertiary/aromatic N) is 2. The van der Waals surface area contributed by atoms with Crippen LogP contribution < -0.4 is 5.56 Å². The van der Waals surface area contributed by atoms with E-state index in [1.54, 1.807) is 6.07 Å². The second-order valence-corrected chi connectivity index (χ2v) is 4.57. The maximum atomic E-state index is 11.7. The number of rotatable bonds is 0. The van der Waals surface area contributed by atoms with E-state index in [-0.39, 0.29) is 5.56 Å². The minimum absolute atomic E-state index is 0.104. The Kier molecular flexibility index (Phi) is 1.97. The van der Waals surface area contributed by atoms with Gasteiger partial charge in [-0.05, 0) is 23.8 Å². The molecular weight excluding hydrogens is 240 g/mol. The summed E-state index contributed by atoms with van der Waals surface area (Å²) >= 11 is 0. The Balaban J connectivity index is 2.05. The van der Waals surface area contributed by atoms with Gasteiger partial charge in [0.1, 0.15) is 0 Å². The summed E-state index contributed by atoms with van der Waals surface area (Å²) in [5, 5.41) is 14.8. The number of benzene rings is 2. The molecule has 0 unspecified atom stereocenters. The zero-order chi connectivity index (χ0) is 12.8. The third-order valence-corrected chi connectivity index (χ3v) is 3.46. The molecule has 2 N–H and O–H groups in total. The highest BCUT2D eigenvalue weighted by atomic mass is 16.1. The highest BCUT2D eigenvalue weighted by Gasteiger charge is 2.16. The number of fused-ring (bicyclic) bond motifs is 4. The van der Waals surface area contributed by atoms with Gasteiger partial charge in [0.2, 0.25) is 0 Å². The minimum atomic E-state index is -0.104. The van der Waals surface area contributed by atoms with Crippen molar-refractivity contribution in [2.24, 2.45) is 10.2 Å². The number of aromatic amines is 2. The van der Waals surface area contributed by atoms with Gasteiger partial charge in [-0.2, -0.15) is 10.2 Å². The predicted molar refractivity (Wildman–Crippen MR) is 72.3 cm³/mol. The van der Waals surface area contributed by atoms with E-state index in [0.717, 1.165) is 28.0 Å². The van der Waals surface area contributed by atoms with Gasteiger partial charge in [-0.1, -0.05) is 18.2 Å². The molecule has 5 heteroatoms. The molecule has 4 rings (SSSR count). The van der Waals surface area contributed by atoms with Crippen LogP contribution in [-0.2, 0) is 6.42 Å². The molecule has 5 nitrogen and oxygen atoms in total. The summed E-state index contributed by atoms with van der Waals surface area (Å²) < 4.78 is 0. The van der Waals surface area contributed by atoms with Gasteiger partial charge in [0.05, 0.1) is 22.3 Å². The van der Waals surface area contributed by atoms with Gasteiger partial charge in [0.25, 0.3) is 5.56 Å². The average Bonchev–Trinajstić information content (AvgIpc) is 2.71. The van der Waals surface area contributed by atoms with E-state index in [1.807, 2.05) is 30.3 Å². The largest absolute Gasteiger partial charge is 0.297 e. The Bertz CT molecular complexity index is 873. The first kappa shape index (κ1) is 10.3. The minimum Gasteiger partial charge on any atom is -0.297 e. The Labute approximate surface area is 108 Å². The number of hydrogen-bond acceptors (Lipinski definition) is 3. The third kappa shape index (κ3) is 1.45. The van der Waals surface area contributed by atoms with Crippen LogP contribution in [-0.4, -0.2) is 10.2 Å². The molecule has 0 saturated carbocycles. The molecule has 1 aliphatic heterocycles. The fourth-order valence-corrected chi connectivity index (χ4v) is 2.48. The summed E-state index contributed by atoms with van der Waals surface area (Å²) in [5.41, 5.74) is 4.51. The Morgan fingerprint density at radius 2 is 1.79 bits per heavy atom. The van der Waals surface area contributed by atoms with Crippen molar-refractivity contribution in [3.05, 3.63) is 57.9 Å². The van der Waals surface area contributed by atoms with Crippen molar-refractivity contribution in [3.8, 4) is 0 Å². The molecule has 2 aromatic carbocycles. The third-order valence-electron chi connectivity index (χ3n) is 3.46. The van der Waals surface area contributed by atoms with Crippen molar-refractivity contribution in [2.75, 3.05) is 0 Å². The zero-order valence-electron chi connectivity index (χ0n) is 9.97. The van der Waals surface area contributed by atoms with Gasteiger partial charge in [0, 0.05) is 12.0 Å². The van der Waals surface area contributed by atoms with Crippen LogP contribution in [0.25, 0.3) is 10.9 Å². The molecule has 2 heterocycles. The summed E-state index contributed by atoms with van der Waals surface area (Å²) in [4.78, 5) is 11.7. The van der Waals surface area contributed by atoms with Crippen molar-refractivity contribution in [3.63, 3.8) is 0 Å². The molecular formula is C14H10N4O. The Hall–Kier alpha value is -2.69. The molecule has 1 aliphatic rings. The lowest BCUT2D eigenvalue weighted by atomic mass is 10.0. The lowest BCUT2D eigenvalue weighted by Gasteiger charge is -2.04. The number of azo groups is 1. The maximum absolute atomic E-state index is 11.7. The Morgan fingerprint density at radius 3 is 2.74 bits per heavy atom. The van der Waals surface area contributed by atoms with E-state index in [1.165, 1.54) is 0 Å². The molecule has 0 bridgehead atoms. The summed E-state index contributed by atoms with van der Waals surface area (Å²) in [5.74, 6) is 0. The summed E-state index contributed by atoms with van der Waals surface area (Å²) in [6.07, 6.45) is 0.712. The van der Waals surface area contributed by atoms with Crippen molar-refractivity contribution < 1.29 is 0 Å². The van der Waals surface area contributed by atoms with Gasteiger partial charge in [-0.15, -0.1) is 0 Å². The van der Waals surface area contributed by atoms with Crippen LogP contribution >= 0.6 is 0 Å². The molecule has 19 heavy (non-hydrogen) atoms. The molecule has 92 valence electrons. The maximum Gasteiger partial charge on any atom is 0.271 e. The van der Waals surface area contributed by atoms with Crippen molar-refractivity contribution in [2.45, 2.75) is 6.42 Å². The lowest BCUT2D eigenvalue weighted by Crippen LogP contribution is -1.97. The first-order valence-corrected chi connectivity index (χ1v) is 6.05. The van der Waals surface area contributed by atoms with Crippen molar-refractivity contribution in [1.29, 1.82) is 0 Å². The van der Waals surface area contributed by atoms with Crippen LogP contribution in [0.1, 0.15) is 11.1 Å². The van der Waals surface area contributed by atoms with Crippen LogP contribution in [0, 0.1) is 0 Å². The molecule has 0 radical (unpaired) electrons. The van der Waals surface area contributed by atoms with E-state index >= 15 is 0 Å². The molecule has 0 saturated heterocycles. The van der Waals surface area contributed by atoms with Gasteiger partial charge in [-0.3, -0.25) is 15.0 Å². The highest BCUT2D eigenvalue weighted by Crippen LogP contribution is 2.35. The number of nitrogens with one attached hydrogen (secondary N) is 2. The molecule has 0 aliphatic carbocycles. The first-order valence-electron chi connectivity index (χ1n) is 6.05. The van der Waals surface area contributed by atoms with Crippen LogP contribution in [0.15, 0.2) is 51.4 Å². The fraction of sp³-hybridized carbons (Fsp3) is 0.0714. The Morgan fingerprint density at radius 1 is 0.947 bits per heavy atom. The number of H-pyrrole nitrogens is 2. The lowest BCUT2D eigenvalue weighted by molar-refractivity contribution is 1.07. The zero-order valence-corrected chi connectivity index (χ0v) is 9.97. The van der Waals surface area contributed by atoms with Crippen molar-refractivity contribution in [1.82, 2.24) is 10.2 Å². The smallest absolute Gasteiger partial charge is 0.271 e. The topological polar surface area (TPSA) is 73.4 Å². The van der Waals surface area contributed by atoms with Crippen LogP contribution in [0.2, 0.25) is 0 Å². The van der Waals surface area contributed by atoms with Gasteiger partial charge in [-0.25, -0.2) is 0 Å². The summed E-state index contributed by atoms with van der Waals surface area (Å²) in [6.45, 7) is 0. The second kappa shape index (κ2) is 3.65. The van der Waals surface area contributed by atoms with Gasteiger partial charge >= 0.3 is 0 Å². The SMILES string of the molecule is O=c1[nH][nH]c2c3c(ccc12)N=Nc1ccccc1C3. The number of aromatic nitrogens is 2. The quantitative estimate of drug-likeness (QED) is 0.494. The fourth-order valence-electron chi connectivity index (χ4n) is 2.48. The van der Waals surface area contributed by atoms with E-state index in [0.29, 0.717) is 11.8 Å². The predicted octanol–water partition coefficient (Wildman–Crippen LogP) is 3.18. The molecule has 0 spiro atoms. The average molecular weight is 250 g/mol. The normalized spacial score (nSPS) is 13.1. The standard InChI is InChI=1S/C14H10N4O/c19-14-9-5-6-12-10(13(9)17-18-14)7-8-3-1-2-4-11(8)15-16-12/h1-6H,7H2,(H2,17,18,19). The molecule has 1 aromatic heterocycles. The van der Waals surface area contributed by atoms with Crippen molar-refractivity contribution >= 4 is 22.3 Å². The van der Waals surface area contributed by atoms with E-state index in [2.05, 4.69) is 20.4 Å². The molecule has 0 fully saturated rings. The second-order valence-electron chi connectivity index (χ2n) is 4.57. The summed E-state index contributed by atoms with van der Waals surface area (Å²) in [7, 11) is 0. The molecule has 0 atom stereocenters. The summed E-state index contributed by atoms with van der Waals surface area (Å²) in [6, 6.07) is 11.5. The van der Waals surface area contributed by atoms with E-state index in [4.69, 9.17) is 0 Å². The van der Waals surface area contributed by atoms with Gasteiger partial charge in [0.15, 0.2) is 0 Å². The number of hydrogen-bond donors (Lipinski definition) is 2. The highest BCUT2D eigenvalue weighted by molar-refractivity contribution is 5.86. The van der Waals surface area contributed by atoms with E-state index < -0.39 is 0 Å². The van der Waals surface area contributed by atoms with Crippen LogP contribution in [0.4, 0.5) is 11.4 Å². The monoisotopic (exact) mass is 250 g/mol. The molecule has 3 aromatic rings. The van der Waals surface area contributed by atoms with Crippen LogP contribution in [0.5, 0.6) is 0 Å².